The minimum Gasteiger partial charge on any atom is -0.493 e. The van der Waals surface area contributed by atoms with Gasteiger partial charge in [-0.15, -0.1) is 0 Å². The predicted molar refractivity (Wildman–Crippen MR) is 164 cm³/mol. The summed E-state index contributed by atoms with van der Waals surface area (Å²) in [6.45, 7) is 0. The molecule has 0 bridgehead atoms. The fourth-order valence-electron chi connectivity index (χ4n) is 5.41. The van der Waals surface area contributed by atoms with E-state index >= 15 is 0 Å². The number of nitrogens with one attached hydrogen (secondary N) is 1. The van der Waals surface area contributed by atoms with Crippen molar-refractivity contribution in [2.75, 3.05) is 12.8 Å². The number of carbonyl (C=O) groups excluding carboxylic acids is 1. The number of nitrogens with zero attached hydrogens (tertiary/aromatic N) is 5. The third kappa shape index (κ3) is 6.10. The summed E-state index contributed by atoms with van der Waals surface area (Å²) in [6, 6.07) is 12.6. The number of benzene rings is 2. The molecular weight excluding hydrogens is 589 g/mol. The van der Waals surface area contributed by atoms with Crippen molar-refractivity contribution in [1.29, 1.82) is 5.26 Å². The summed E-state index contributed by atoms with van der Waals surface area (Å²) in [5.41, 5.74) is 8.61. The standard InChI is InChI=1S/C31H29Cl2N7O3/c1-42-26-13-18(4-11-25(26)43-22-9-10-23(32)24(33)14-22)28-27-29(35)36-16-37-30(27)40(39-28)21-7-5-20(6-8-21)38-31(41)19(15-34)12-17-2-3-17/h4,9-14,16-17,20-21H,2-3,5-8H2,1H3,(H,38,41)(H2,35,36,37). The molecule has 10 nitrogen and oxygen atoms in total. The molecule has 4 aromatic rings. The maximum Gasteiger partial charge on any atom is 0.261 e. The summed E-state index contributed by atoms with van der Waals surface area (Å²) < 4.78 is 13.6. The number of nitriles is 1. The van der Waals surface area contributed by atoms with Gasteiger partial charge in [-0.1, -0.05) is 29.3 Å². The lowest BCUT2D eigenvalue weighted by atomic mass is 9.91. The van der Waals surface area contributed by atoms with Crippen molar-refractivity contribution in [1.82, 2.24) is 25.1 Å². The Hall–Kier alpha value is -4.33. The largest absolute Gasteiger partial charge is 0.493 e. The van der Waals surface area contributed by atoms with Gasteiger partial charge in [0.05, 0.1) is 28.6 Å². The Morgan fingerprint density at radius 1 is 1.07 bits per heavy atom. The van der Waals surface area contributed by atoms with Gasteiger partial charge in [-0.2, -0.15) is 10.4 Å². The number of ether oxygens (including phenoxy) is 2. The Labute approximate surface area is 258 Å². The van der Waals surface area contributed by atoms with Crippen molar-refractivity contribution in [3.63, 3.8) is 0 Å². The first-order valence-electron chi connectivity index (χ1n) is 14.1. The summed E-state index contributed by atoms with van der Waals surface area (Å²) in [4.78, 5) is 21.4. The topological polar surface area (TPSA) is 141 Å². The zero-order valence-corrected chi connectivity index (χ0v) is 24.9. The molecule has 0 radical (unpaired) electrons. The number of anilines is 1. The van der Waals surface area contributed by atoms with Gasteiger partial charge in [0.1, 0.15) is 35.2 Å². The minimum absolute atomic E-state index is 0.00646. The van der Waals surface area contributed by atoms with Crippen LogP contribution >= 0.6 is 23.2 Å². The van der Waals surface area contributed by atoms with Crippen LogP contribution in [0, 0.1) is 17.2 Å². The molecule has 0 saturated heterocycles. The van der Waals surface area contributed by atoms with Gasteiger partial charge in [-0.25, -0.2) is 14.6 Å². The van der Waals surface area contributed by atoms with E-state index in [0.717, 1.165) is 44.1 Å². The minimum atomic E-state index is -0.286. The Balaban J connectivity index is 1.24. The monoisotopic (exact) mass is 617 g/mol. The molecule has 3 N–H and O–H groups in total. The normalized spacial score (nSPS) is 18.7. The lowest BCUT2D eigenvalue weighted by molar-refractivity contribution is -0.118. The molecule has 6 rings (SSSR count). The van der Waals surface area contributed by atoms with Crippen molar-refractivity contribution in [3.8, 4) is 34.6 Å². The number of aromatic nitrogens is 4. The van der Waals surface area contributed by atoms with Crippen LogP contribution < -0.4 is 20.5 Å². The molecule has 2 aliphatic carbocycles. The summed E-state index contributed by atoms with van der Waals surface area (Å²) in [6.07, 6.45) is 8.38. The maximum atomic E-state index is 12.7. The number of allylic oxidation sites excluding steroid dienone is 1. The van der Waals surface area contributed by atoms with Gasteiger partial charge < -0.3 is 20.5 Å². The highest BCUT2D eigenvalue weighted by molar-refractivity contribution is 6.42. The second kappa shape index (κ2) is 12.1. The molecule has 2 aromatic carbocycles. The van der Waals surface area contributed by atoms with Gasteiger partial charge >= 0.3 is 0 Å². The predicted octanol–water partition coefficient (Wildman–Crippen LogP) is 6.64. The SMILES string of the molecule is COc1cc(-c2nn(C3CCC(NC(=O)C(C#N)=CC4CC4)CC3)c3ncnc(N)c23)ccc1Oc1ccc(Cl)c(Cl)c1. The van der Waals surface area contributed by atoms with E-state index in [2.05, 4.69) is 21.4 Å². The van der Waals surface area contributed by atoms with E-state index in [1.54, 1.807) is 37.5 Å². The van der Waals surface area contributed by atoms with Crippen molar-refractivity contribution >= 4 is 46.0 Å². The molecule has 2 saturated carbocycles. The van der Waals surface area contributed by atoms with Crippen LogP contribution in [0.15, 0.2) is 54.4 Å². The van der Waals surface area contributed by atoms with Crippen LogP contribution in [0.25, 0.3) is 22.3 Å². The lowest BCUT2D eigenvalue weighted by Gasteiger charge is -2.29. The molecule has 2 aromatic heterocycles. The van der Waals surface area contributed by atoms with Crippen LogP contribution in [0.3, 0.4) is 0 Å². The Kier molecular flexibility index (Phi) is 8.10. The third-order valence-electron chi connectivity index (χ3n) is 7.84. The Morgan fingerprint density at radius 3 is 2.56 bits per heavy atom. The van der Waals surface area contributed by atoms with E-state index in [-0.39, 0.29) is 23.6 Å². The molecule has 0 unspecified atom stereocenters. The first-order chi connectivity index (χ1) is 20.8. The van der Waals surface area contributed by atoms with Crippen LogP contribution in [0.4, 0.5) is 5.82 Å². The highest BCUT2D eigenvalue weighted by Crippen LogP contribution is 2.40. The number of nitrogens with two attached hydrogens (primary N) is 1. The van der Waals surface area contributed by atoms with Crippen molar-refractivity contribution in [2.24, 2.45) is 5.92 Å². The smallest absolute Gasteiger partial charge is 0.261 e. The summed E-state index contributed by atoms with van der Waals surface area (Å²) in [7, 11) is 1.56. The third-order valence-corrected chi connectivity index (χ3v) is 8.58. The number of halogens is 2. The lowest BCUT2D eigenvalue weighted by Crippen LogP contribution is -2.38. The molecule has 2 fully saturated rings. The molecule has 220 valence electrons. The quantitative estimate of drug-likeness (QED) is 0.165. The first kappa shape index (κ1) is 28.8. The summed E-state index contributed by atoms with van der Waals surface area (Å²) >= 11 is 12.2. The van der Waals surface area contributed by atoms with Gasteiger partial charge in [-0.05, 0) is 74.8 Å². The number of amides is 1. The maximum absolute atomic E-state index is 12.7. The molecule has 1 amide bonds. The second-order valence-electron chi connectivity index (χ2n) is 10.8. The van der Waals surface area contributed by atoms with E-state index in [4.69, 9.17) is 43.5 Å². The van der Waals surface area contributed by atoms with Crippen LogP contribution in [-0.2, 0) is 4.79 Å². The zero-order chi connectivity index (χ0) is 30.1. The number of hydrogen-bond donors (Lipinski definition) is 2. The highest BCUT2D eigenvalue weighted by atomic mass is 35.5. The Morgan fingerprint density at radius 2 is 1.86 bits per heavy atom. The summed E-state index contributed by atoms with van der Waals surface area (Å²) in [5, 5.41) is 18.9. The molecule has 0 aliphatic heterocycles. The number of methoxy groups -OCH3 is 1. The number of nitrogen functional groups attached to an aromatic ring is 1. The molecule has 0 atom stereocenters. The molecule has 0 spiro atoms. The van der Waals surface area contributed by atoms with E-state index in [9.17, 15) is 10.1 Å². The highest BCUT2D eigenvalue weighted by Gasteiger charge is 2.29. The number of rotatable bonds is 8. The average molecular weight is 619 g/mol. The van der Waals surface area contributed by atoms with Crippen LogP contribution in [0.5, 0.6) is 17.2 Å². The van der Waals surface area contributed by atoms with Crippen molar-refractivity contribution in [2.45, 2.75) is 50.6 Å². The van der Waals surface area contributed by atoms with Gasteiger partial charge in [0.25, 0.3) is 5.91 Å². The number of hydrogen-bond acceptors (Lipinski definition) is 8. The van der Waals surface area contributed by atoms with E-state index in [0.29, 0.717) is 55.8 Å². The van der Waals surface area contributed by atoms with Gasteiger partial charge in [0, 0.05) is 17.7 Å². The molecule has 2 aliphatic rings. The van der Waals surface area contributed by atoms with Crippen molar-refractivity contribution < 1.29 is 14.3 Å². The van der Waals surface area contributed by atoms with Gasteiger partial charge in [0.15, 0.2) is 17.1 Å². The first-order valence-corrected chi connectivity index (χ1v) is 14.8. The summed E-state index contributed by atoms with van der Waals surface area (Å²) in [5.74, 6) is 1.90. The van der Waals surface area contributed by atoms with E-state index in [1.807, 2.05) is 16.8 Å². The van der Waals surface area contributed by atoms with Crippen LogP contribution in [-0.4, -0.2) is 38.8 Å². The van der Waals surface area contributed by atoms with Gasteiger partial charge in [-0.3, -0.25) is 4.79 Å². The Bertz CT molecular complexity index is 1770. The fourth-order valence-corrected chi connectivity index (χ4v) is 5.70. The number of carbonyl (C=O) groups is 1. The molecule has 2 heterocycles. The molecule has 12 heteroatoms. The van der Waals surface area contributed by atoms with Gasteiger partial charge in [0.2, 0.25) is 0 Å². The fraction of sp³-hybridized carbons (Fsp3) is 0.323. The van der Waals surface area contributed by atoms with Crippen molar-refractivity contribution in [3.05, 3.63) is 64.4 Å². The molecule has 43 heavy (non-hydrogen) atoms. The van der Waals surface area contributed by atoms with E-state index < -0.39 is 0 Å². The van der Waals surface area contributed by atoms with Crippen LogP contribution in [0.2, 0.25) is 10.0 Å². The zero-order valence-electron chi connectivity index (χ0n) is 23.4. The van der Waals surface area contributed by atoms with E-state index in [1.165, 1.54) is 6.33 Å². The average Bonchev–Trinajstić information content (AvgIpc) is 3.75. The second-order valence-corrected chi connectivity index (χ2v) is 11.6. The molecular formula is C31H29Cl2N7O3. The van der Waals surface area contributed by atoms with Crippen LogP contribution in [0.1, 0.15) is 44.6 Å². The number of fused-ring (bicyclic) bond motifs is 1.